The van der Waals surface area contributed by atoms with Crippen LogP contribution in [0, 0.1) is 22.7 Å². The summed E-state index contributed by atoms with van der Waals surface area (Å²) in [5.74, 6) is -1.79. The zero-order valence-corrected chi connectivity index (χ0v) is 10.3. The molecule has 0 saturated carbocycles. The summed E-state index contributed by atoms with van der Waals surface area (Å²) < 4.78 is 4.43. The Labute approximate surface area is 105 Å². The molecule has 0 saturated heterocycles. The van der Waals surface area contributed by atoms with Crippen LogP contribution >= 0.6 is 0 Å². The molecule has 1 N–H and O–H groups in total. The van der Waals surface area contributed by atoms with E-state index in [1.54, 1.807) is 26.0 Å². The molecule has 0 heterocycles. The minimum absolute atomic E-state index is 0.156. The van der Waals surface area contributed by atoms with Crippen LogP contribution in [-0.2, 0) is 14.3 Å². The van der Waals surface area contributed by atoms with Gasteiger partial charge in [0.1, 0.15) is 23.3 Å². The van der Waals surface area contributed by atoms with Crippen molar-refractivity contribution >= 4 is 11.9 Å². The van der Waals surface area contributed by atoms with Gasteiger partial charge in [-0.25, -0.2) is 9.59 Å². The molecule has 0 bridgehead atoms. The molecule has 0 unspecified atom stereocenters. The molecular formula is C12H14N2O4. The predicted octanol–water partition coefficient (Wildman–Crippen LogP) is 1.56. The van der Waals surface area contributed by atoms with Gasteiger partial charge in [-0.1, -0.05) is 19.6 Å². The largest absolute Gasteiger partial charge is 0.477 e. The van der Waals surface area contributed by atoms with E-state index in [1.165, 1.54) is 6.08 Å². The average Bonchev–Trinajstić information content (AvgIpc) is 2.35. The standard InChI is InChI=1S/2C6H7NO2/c1-3-9-6(8)5(2)4-7;1-2-3-5(4-7)6(8)9/h2-3H2,1H3;3H,2H2,1H3,(H,8,9). The van der Waals surface area contributed by atoms with Crippen molar-refractivity contribution in [2.45, 2.75) is 20.3 Å². The molecule has 0 aliphatic rings. The third-order valence-electron chi connectivity index (χ3n) is 1.42. The van der Waals surface area contributed by atoms with Crippen LogP contribution in [0.1, 0.15) is 20.3 Å². The first-order chi connectivity index (χ1) is 8.44. The highest BCUT2D eigenvalue weighted by Crippen LogP contribution is 1.93. The Kier molecular flexibility index (Phi) is 10.8. The van der Waals surface area contributed by atoms with Crippen molar-refractivity contribution in [3.8, 4) is 12.1 Å². The molecule has 0 amide bonds. The monoisotopic (exact) mass is 250 g/mol. The molecule has 0 aromatic rings. The number of carbonyl (C=O) groups excluding carboxylic acids is 1. The van der Waals surface area contributed by atoms with E-state index < -0.39 is 11.9 Å². The van der Waals surface area contributed by atoms with Crippen molar-refractivity contribution < 1.29 is 19.4 Å². The summed E-state index contributed by atoms with van der Waals surface area (Å²) in [4.78, 5) is 20.5. The number of ether oxygens (including phenoxy) is 1. The number of carboxylic acids is 1. The van der Waals surface area contributed by atoms with Gasteiger partial charge in [-0.2, -0.15) is 10.5 Å². The van der Waals surface area contributed by atoms with Crippen molar-refractivity contribution in [3.63, 3.8) is 0 Å². The first-order valence-electron chi connectivity index (χ1n) is 5.04. The Hall–Kier alpha value is -2.60. The Morgan fingerprint density at radius 2 is 1.89 bits per heavy atom. The first kappa shape index (κ1) is 17.8. The summed E-state index contributed by atoms with van der Waals surface area (Å²) in [5.41, 5.74) is -0.339. The predicted molar refractivity (Wildman–Crippen MR) is 63.0 cm³/mol. The lowest BCUT2D eigenvalue weighted by molar-refractivity contribution is -0.138. The molecule has 18 heavy (non-hydrogen) atoms. The van der Waals surface area contributed by atoms with Crippen LogP contribution < -0.4 is 0 Å². The SMILES string of the molecule is C=C(C#N)C(=O)OCC.CCC=C(C#N)C(=O)O. The van der Waals surface area contributed by atoms with Crippen LogP contribution in [0.4, 0.5) is 0 Å². The van der Waals surface area contributed by atoms with Crippen LogP contribution in [0.2, 0.25) is 0 Å². The maximum Gasteiger partial charge on any atom is 0.348 e. The number of aliphatic carboxylic acids is 1. The van der Waals surface area contributed by atoms with Gasteiger partial charge in [0.25, 0.3) is 0 Å². The fourth-order valence-electron chi connectivity index (χ4n) is 0.649. The lowest BCUT2D eigenvalue weighted by Crippen LogP contribution is -2.04. The number of hydrogen-bond donors (Lipinski definition) is 1. The normalized spacial score (nSPS) is 9.00. The van der Waals surface area contributed by atoms with Gasteiger partial charge >= 0.3 is 11.9 Å². The number of rotatable bonds is 4. The second-order valence-electron chi connectivity index (χ2n) is 2.75. The zero-order valence-electron chi connectivity index (χ0n) is 10.3. The lowest BCUT2D eigenvalue weighted by atomic mass is 10.2. The number of nitriles is 2. The molecule has 6 heteroatoms. The van der Waals surface area contributed by atoms with Crippen LogP contribution in [0.3, 0.4) is 0 Å². The molecule has 0 aromatic carbocycles. The highest BCUT2D eigenvalue weighted by atomic mass is 16.5. The molecular weight excluding hydrogens is 236 g/mol. The van der Waals surface area contributed by atoms with Crippen molar-refractivity contribution in [1.29, 1.82) is 10.5 Å². The van der Waals surface area contributed by atoms with Crippen molar-refractivity contribution in [1.82, 2.24) is 0 Å². The van der Waals surface area contributed by atoms with Gasteiger partial charge in [0.05, 0.1) is 6.61 Å². The minimum atomic E-state index is -1.15. The van der Waals surface area contributed by atoms with E-state index in [1.807, 2.05) is 0 Å². The van der Waals surface area contributed by atoms with Crippen LogP contribution in [0.15, 0.2) is 23.8 Å². The Balaban J connectivity index is 0. The first-order valence-corrected chi connectivity index (χ1v) is 5.04. The van der Waals surface area contributed by atoms with E-state index in [4.69, 9.17) is 15.6 Å². The Morgan fingerprint density at radius 1 is 1.33 bits per heavy atom. The summed E-state index contributed by atoms with van der Waals surface area (Å²) in [6.07, 6.45) is 1.96. The zero-order chi connectivity index (χ0) is 14.6. The van der Waals surface area contributed by atoms with Gasteiger partial charge < -0.3 is 9.84 Å². The quantitative estimate of drug-likeness (QED) is 0.460. The summed E-state index contributed by atoms with van der Waals surface area (Å²) >= 11 is 0. The van der Waals surface area contributed by atoms with Gasteiger partial charge in [0, 0.05) is 0 Å². The molecule has 0 fully saturated rings. The smallest absolute Gasteiger partial charge is 0.348 e. The fourth-order valence-corrected chi connectivity index (χ4v) is 0.649. The molecule has 0 aliphatic heterocycles. The van der Waals surface area contributed by atoms with E-state index in [0.717, 1.165) is 0 Å². The van der Waals surface area contributed by atoms with Gasteiger partial charge in [-0.3, -0.25) is 0 Å². The van der Waals surface area contributed by atoms with Gasteiger partial charge in [-0.05, 0) is 13.3 Å². The topological polar surface area (TPSA) is 111 Å². The number of hydrogen-bond acceptors (Lipinski definition) is 5. The average molecular weight is 250 g/mol. The third-order valence-corrected chi connectivity index (χ3v) is 1.42. The molecule has 0 aliphatic carbocycles. The van der Waals surface area contributed by atoms with Gasteiger partial charge in [0.2, 0.25) is 0 Å². The minimum Gasteiger partial charge on any atom is -0.477 e. The fraction of sp³-hybridized carbons (Fsp3) is 0.333. The maximum absolute atomic E-state index is 10.4. The summed E-state index contributed by atoms with van der Waals surface area (Å²) in [5, 5.41) is 24.4. The molecule has 0 atom stereocenters. The lowest BCUT2D eigenvalue weighted by Gasteiger charge is -1.95. The second kappa shape index (κ2) is 10.9. The molecule has 0 spiro atoms. The second-order valence-corrected chi connectivity index (χ2v) is 2.75. The number of carboxylic acid groups (broad SMARTS) is 1. The van der Waals surface area contributed by atoms with Crippen molar-refractivity contribution in [2.75, 3.05) is 6.61 Å². The van der Waals surface area contributed by atoms with Crippen LogP contribution in [0.5, 0.6) is 0 Å². The van der Waals surface area contributed by atoms with Crippen molar-refractivity contribution in [2.24, 2.45) is 0 Å². The number of esters is 1. The molecule has 0 radical (unpaired) electrons. The van der Waals surface area contributed by atoms with E-state index in [2.05, 4.69) is 11.3 Å². The molecule has 0 aromatic heterocycles. The number of nitrogens with zero attached hydrogens (tertiary/aromatic N) is 2. The van der Waals surface area contributed by atoms with E-state index >= 15 is 0 Å². The molecule has 96 valence electrons. The number of allylic oxidation sites excluding steroid dienone is 1. The summed E-state index contributed by atoms with van der Waals surface area (Å²) in [6.45, 7) is 6.88. The Bertz CT molecular complexity index is 424. The molecule has 0 rings (SSSR count). The van der Waals surface area contributed by atoms with Gasteiger partial charge in [-0.15, -0.1) is 0 Å². The van der Waals surface area contributed by atoms with Crippen LogP contribution in [-0.4, -0.2) is 23.7 Å². The summed E-state index contributed by atoms with van der Waals surface area (Å²) in [6, 6.07) is 3.14. The van der Waals surface area contributed by atoms with E-state index in [-0.39, 0.29) is 17.8 Å². The Morgan fingerprint density at radius 3 is 2.11 bits per heavy atom. The highest BCUT2D eigenvalue weighted by Gasteiger charge is 2.04. The maximum atomic E-state index is 10.4. The highest BCUT2D eigenvalue weighted by molar-refractivity contribution is 5.91. The third kappa shape index (κ3) is 8.69. The van der Waals surface area contributed by atoms with Crippen molar-refractivity contribution in [3.05, 3.63) is 23.8 Å². The summed E-state index contributed by atoms with van der Waals surface area (Å²) in [7, 11) is 0. The van der Waals surface area contributed by atoms with Gasteiger partial charge in [0.15, 0.2) is 0 Å². The van der Waals surface area contributed by atoms with E-state index in [9.17, 15) is 9.59 Å². The number of carbonyl (C=O) groups is 2. The van der Waals surface area contributed by atoms with E-state index in [0.29, 0.717) is 6.42 Å². The molecule has 6 nitrogen and oxygen atoms in total. The van der Waals surface area contributed by atoms with Crippen LogP contribution in [0.25, 0.3) is 0 Å².